The van der Waals surface area contributed by atoms with E-state index in [4.69, 9.17) is 0 Å². The van der Waals surface area contributed by atoms with Gasteiger partial charge in [-0.3, -0.25) is 0 Å². The predicted octanol–water partition coefficient (Wildman–Crippen LogP) is 2.88. The molecular formula is C12H15FN. The Morgan fingerprint density at radius 1 is 1.36 bits per heavy atom. The maximum atomic E-state index is 13.4. The fourth-order valence-corrected chi connectivity index (χ4v) is 1.99. The lowest BCUT2D eigenvalue weighted by molar-refractivity contribution is 0.475. The maximum absolute atomic E-state index is 13.4. The maximum Gasteiger partial charge on any atom is 0.146 e. The zero-order chi connectivity index (χ0) is 9.97. The van der Waals surface area contributed by atoms with Crippen LogP contribution in [0.1, 0.15) is 12.8 Å². The molecule has 0 N–H and O–H groups in total. The third-order valence-corrected chi connectivity index (χ3v) is 2.71. The standard InChI is InChI=1S/C12H15FN/c1-10-5-4-8-14(9-10)12-7-3-2-6-11(12)13/h2-3,6-7,10H,1,4-5,8-9H2/t10-/m1/s1. The zero-order valence-corrected chi connectivity index (χ0v) is 8.25. The molecule has 1 aromatic rings. The quantitative estimate of drug-likeness (QED) is 0.661. The fourth-order valence-electron chi connectivity index (χ4n) is 1.99. The first-order valence-corrected chi connectivity index (χ1v) is 5.10. The van der Waals surface area contributed by atoms with E-state index in [-0.39, 0.29) is 5.82 Å². The number of nitrogens with zero attached hydrogens (tertiary/aromatic N) is 1. The van der Waals surface area contributed by atoms with Gasteiger partial charge >= 0.3 is 0 Å². The molecule has 14 heavy (non-hydrogen) atoms. The smallest absolute Gasteiger partial charge is 0.146 e. The first kappa shape index (κ1) is 9.50. The van der Waals surface area contributed by atoms with Crippen molar-refractivity contribution in [2.75, 3.05) is 18.0 Å². The van der Waals surface area contributed by atoms with E-state index in [2.05, 4.69) is 11.8 Å². The number of hydrogen-bond donors (Lipinski definition) is 0. The van der Waals surface area contributed by atoms with Crippen LogP contribution in [0.5, 0.6) is 0 Å². The molecule has 0 aliphatic carbocycles. The molecule has 0 aromatic heterocycles. The van der Waals surface area contributed by atoms with E-state index in [0.29, 0.717) is 5.92 Å². The van der Waals surface area contributed by atoms with Gasteiger partial charge in [-0.25, -0.2) is 4.39 Å². The van der Waals surface area contributed by atoms with Crippen LogP contribution in [0.4, 0.5) is 10.1 Å². The van der Waals surface area contributed by atoms with Crippen molar-refractivity contribution in [2.24, 2.45) is 5.92 Å². The molecule has 2 rings (SSSR count). The molecule has 1 nitrogen and oxygen atoms in total. The van der Waals surface area contributed by atoms with Gasteiger partial charge in [-0.15, -0.1) is 0 Å². The van der Waals surface area contributed by atoms with Gasteiger partial charge in [0, 0.05) is 13.1 Å². The van der Waals surface area contributed by atoms with Gasteiger partial charge < -0.3 is 4.90 Å². The summed E-state index contributed by atoms with van der Waals surface area (Å²) in [5.74, 6) is 0.310. The van der Waals surface area contributed by atoms with Crippen molar-refractivity contribution in [3.63, 3.8) is 0 Å². The Balaban J connectivity index is 2.18. The molecule has 75 valence electrons. The number of halogens is 1. The molecule has 1 radical (unpaired) electrons. The summed E-state index contributed by atoms with van der Waals surface area (Å²) in [5, 5.41) is 0. The van der Waals surface area contributed by atoms with E-state index in [9.17, 15) is 4.39 Å². The van der Waals surface area contributed by atoms with Gasteiger partial charge in [0.1, 0.15) is 5.82 Å². The van der Waals surface area contributed by atoms with E-state index < -0.39 is 0 Å². The number of para-hydroxylation sites is 1. The number of rotatable bonds is 1. The molecule has 0 bridgehead atoms. The summed E-state index contributed by atoms with van der Waals surface area (Å²) in [6, 6.07) is 6.96. The summed E-state index contributed by atoms with van der Waals surface area (Å²) in [4.78, 5) is 2.09. The molecule has 1 aliphatic rings. The van der Waals surface area contributed by atoms with E-state index in [1.807, 2.05) is 12.1 Å². The van der Waals surface area contributed by atoms with Gasteiger partial charge in [-0.2, -0.15) is 0 Å². The SMILES string of the molecule is [CH2][C@@H]1CCCN(c2ccccc2F)C1. The Kier molecular flexibility index (Phi) is 2.71. The average Bonchev–Trinajstić information content (AvgIpc) is 2.18. The predicted molar refractivity (Wildman–Crippen MR) is 56.7 cm³/mol. The topological polar surface area (TPSA) is 3.24 Å². The molecule has 1 aromatic carbocycles. The van der Waals surface area contributed by atoms with E-state index in [1.165, 1.54) is 6.07 Å². The number of hydrogen-bond acceptors (Lipinski definition) is 1. The van der Waals surface area contributed by atoms with Crippen molar-refractivity contribution in [1.29, 1.82) is 0 Å². The molecule has 1 fully saturated rings. The van der Waals surface area contributed by atoms with Crippen LogP contribution in [-0.2, 0) is 0 Å². The monoisotopic (exact) mass is 192 g/mol. The molecule has 1 saturated heterocycles. The minimum atomic E-state index is -0.124. The van der Waals surface area contributed by atoms with Crippen molar-refractivity contribution in [3.8, 4) is 0 Å². The average molecular weight is 192 g/mol. The van der Waals surface area contributed by atoms with Crippen LogP contribution in [0, 0.1) is 18.7 Å². The zero-order valence-electron chi connectivity index (χ0n) is 8.25. The lowest BCUT2D eigenvalue weighted by Crippen LogP contribution is -2.34. The molecule has 1 atom stereocenters. The van der Waals surface area contributed by atoms with E-state index in [1.54, 1.807) is 6.07 Å². The van der Waals surface area contributed by atoms with Crippen LogP contribution >= 0.6 is 0 Å². The lowest BCUT2D eigenvalue weighted by atomic mass is 10.00. The third kappa shape index (κ3) is 1.89. The first-order chi connectivity index (χ1) is 6.77. The van der Waals surface area contributed by atoms with Gasteiger partial charge in [-0.05, 0) is 37.8 Å². The molecule has 1 heterocycles. The molecule has 1 aliphatic heterocycles. The Morgan fingerprint density at radius 2 is 2.14 bits per heavy atom. The summed E-state index contributed by atoms with van der Waals surface area (Å²) in [5.41, 5.74) is 0.723. The summed E-state index contributed by atoms with van der Waals surface area (Å²) < 4.78 is 13.4. The van der Waals surface area contributed by atoms with Gasteiger partial charge in [0.15, 0.2) is 0 Å². The van der Waals surface area contributed by atoms with Crippen molar-refractivity contribution < 1.29 is 4.39 Å². The number of piperidine rings is 1. The highest BCUT2D eigenvalue weighted by atomic mass is 19.1. The van der Waals surface area contributed by atoms with E-state index in [0.717, 1.165) is 31.6 Å². The second-order valence-corrected chi connectivity index (χ2v) is 3.91. The number of anilines is 1. The fraction of sp³-hybridized carbons (Fsp3) is 0.417. The highest BCUT2D eigenvalue weighted by Crippen LogP contribution is 2.24. The van der Waals surface area contributed by atoms with Crippen molar-refractivity contribution in [2.45, 2.75) is 12.8 Å². The Morgan fingerprint density at radius 3 is 2.86 bits per heavy atom. The van der Waals surface area contributed by atoms with Crippen molar-refractivity contribution >= 4 is 5.69 Å². The van der Waals surface area contributed by atoms with Gasteiger partial charge in [-0.1, -0.05) is 12.1 Å². The third-order valence-electron chi connectivity index (χ3n) is 2.71. The normalized spacial score (nSPS) is 22.4. The highest BCUT2D eigenvalue weighted by Gasteiger charge is 2.18. The Bertz CT molecular complexity index is 311. The molecule has 0 amide bonds. The molecule has 0 spiro atoms. The van der Waals surface area contributed by atoms with Crippen molar-refractivity contribution in [3.05, 3.63) is 37.0 Å². The lowest BCUT2D eigenvalue weighted by Gasteiger charge is -2.32. The molecule has 2 heteroatoms. The highest BCUT2D eigenvalue weighted by molar-refractivity contribution is 5.47. The summed E-state index contributed by atoms with van der Waals surface area (Å²) in [6.45, 7) is 5.87. The first-order valence-electron chi connectivity index (χ1n) is 5.10. The molecular weight excluding hydrogens is 177 g/mol. The number of benzene rings is 1. The van der Waals surface area contributed by atoms with E-state index >= 15 is 0 Å². The van der Waals surface area contributed by atoms with Gasteiger partial charge in [0.05, 0.1) is 5.69 Å². The van der Waals surface area contributed by atoms with Crippen LogP contribution in [0.2, 0.25) is 0 Å². The van der Waals surface area contributed by atoms with Gasteiger partial charge in [0.2, 0.25) is 0 Å². The summed E-state index contributed by atoms with van der Waals surface area (Å²) in [7, 11) is 0. The van der Waals surface area contributed by atoms with Crippen molar-refractivity contribution in [1.82, 2.24) is 0 Å². The molecule has 0 unspecified atom stereocenters. The minimum absolute atomic E-state index is 0.124. The minimum Gasteiger partial charge on any atom is -0.369 e. The second-order valence-electron chi connectivity index (χ2n) is 3.91. The Hall–Kier alpha value is -1.05. The Labute approximate surface area is 84.5 Å². The summed E-state index contributed by atoms with van der Waals surface area (Å²) >= 11 is 0. The van der Waals surface area contributed by atoms with Crippen LogP contribution in [0.15, 0.2) is 24.3 Å². The van der Waals surface area contributed by atoms with Gasteiger partial charge in [0.25, 0.3) is 0 Å². The van der Waals surface area contributed by atoms with Crippen LogP contribution in [0.25, 0.3) is 0 Å². The summed E-state index contributed by atoms with van der Waals surface area (Å²) in [6.07, 6.45) is 2.27. The second kappa shape index (κ2) is 3.99. The molecule has 0 saturated carbocycles. The van der Waals surface area contributed by atoms with Crippen LogP contribution in [-0.4, -0.2) is 13.1 Å². The van der Waals surface area contributed by atoms with Crippen LogP contribution in [0.3, 0.4) is 0 Å². The largest absolute Gasteiger partial charge is 0.369 e. The van der Waals surface area contributed by atoms with Crippen LogP contribution < -0.4 is 4.90 Å².